The fraction of sp³-hybridized carbons (Fsp3) is 0.200. The molecule has 0 bridgehead atoms. The van der Waals surface area contributed by atoms with E-state index in [4.69, 9.17) is 11.6 Å². The van der Waals surface area contributed by atoms with Crippen LogP contribution in [0.2, 0.25) is 5.15 Å². The lowest BCUT2D eigenvalue weighted by molar-refractivity contribution is 0.101. The molecule has 4 heteroatoms. The van der Waals surface area contributed by atoms with Gasteiger partial charge in [-0.3, -0.25) is 9.48 Å². The smallest absolute Gasteiger partial charge is 0.159 e. The van der Waals surface area contributed by atoms with Gasteiger partial charge in [-0.05, 0) is 19.1 Å². The Morgan fingerprint density at radius 3 is 2.86 bits per heavy atom. The number of benzene rings is 1. The molecule has 0 unspecified atom stereocenters. The number of hydrogen-bond donors (Lipinski definition) is 0. The molecule has 3 nitrogen and oxygen atoms in total. The fourth-order valence-corrected chi connectivity index (χ4v) is 1.71. The van der Waals surface area contributed by atoms with Gasteiger partial charge in [0, 0.05) is 18.0 Å². The first-order valence-corrected chi connectivity index (χ1v) is 4.60. The molecule has 0 aliphatic rings. The van der Waals surface area contributed by atoms with Gasteiger partial charge in [-0.25, -0.2) is 0 Å². The number of carbonyl (C=O) groups excluding carboxylic acids is 1. The van der Waals surface area contributed by atoms with Gasteiger partial charge in [-0.2, -0.15) is 5.10 Å². The number of carbonyl (C=O) groups is 1. The molecular weight excluding hydrogens is 200 g/mol. The average molecular weight is 209 g/mol. The summed E-state index contributed by atoms with van der Waals surface area (Å²) < 4.78 is 1.67. The second kappa shape index (κ2) is 3.10. The second-order valence-electron chi connectivity index (χ2n) is 3.20. The van der Waals surface area contributed by atoms with Crippen molar-refractivity contribution in [2.45, 2.75) is 6.92 Å². The Morgan fingerprint density at radius 1 is 1.50 bits per heavy atom. The number of Topliss-reactive ketones (excluding diaryl/α,β-unsaturated/α-hetero) is 1. The maximum Gasteiger partial charge on any atom is 0.159 e. The van der Waals surface area contributed by atoms with Crippen molar-refractivity contribution in [3.05, 3.63) is 28.9 Å². The van der Waals surface area contributed by atoms with E-state index in [2.05, 4.69) is 5.10 Å². The van der Waals surface area contributed by atoms with Crippen molar-refractivity contribution in [2.24, 2.45) is 7.05 Å². The summed E-state index contributed by atoms with van der Waals surface area (Å²) in [4.78, 5) is 11.1. The monoisotopic (exact) mass is 208 g/mol. The van der Waals surface area contributed by atoms with Gasteiger partial charge in [-0.1, -0.05) is 17.7 Å². The van der Waals surface area contributed by atoms with E-state index in [-0.39, 0.29) is 5.78 Å². The highest BCUT2D eigenvalue weighted by Gasteiger charge is 2.08. The van der Waals surface area contributed by atoms with E-state index < -0.39 is 0 Å². The van der Waals surface area contributed by atoms with Gasteiger partial charge in [0.2, 0.25) is 0 Å². The molecule has 0 amide bonds. The van der Waals surface area contributed by atoms with Gasteiger partial charge in [-0.15, -0.1) is 0 Å². The Morgan fingerprint density at radius 2 is 2.21 bits per heavy atom. The Hall–Kier alpha value is -1.35. The Kier molecular flexibility index (Phi) is 2.04. The zero-order chi connectivity index (χ0) is 10.3. The summed E-state index contributed by atoms with van der Waals surface area (Å²) in [6, 6.07) is 5.39. The molecule has 14 heavy (non-hydrogen) atoms. The summed E-state index contributed by atoms with van der Waals surface area (Å²) in [6.45, 7) is 1.54. The first-order valence-electron chi connectivity index (χ1n) is 4.23. The van der Waals surface area contributed by atoms with Gasteiger partial charge in [0.25, 0.3) is 0 Å². The lowest BCUT2D eigenvalue weighted by Gasteiger charge is -1.97. The van der Waals surface area contributed by atoms with Crippen molar-refractivity contribution in [1.29, 1.82) is 0 Å². The highest BCUT2D eigenvalue weighted by molar-refractivity contribution is 6.34. The van der Waals surface area contributed by atoms with Gasteiger partial charge in [0.15, 0.2) is 10.9 Å². The van der Waals surface area contributed by atoms with Crippen LogP contribution in [0, 0.1) is 0 Å². The lowest BCUT2D eigenvalue weighted by atomic mass is 10.1. The first kappa shape index (κ1) is 9.21. The van der Waals surface area contributed by atoms with Gasteiger partial charge in [0.1, 0.15) is 0 Å². The molecule has 0 aliphatic heterocycles. The van der Waals surface area contributed by atoms with Crippen LogP contribution < -0.4 is 0 Å². The molecule has 0 spiro atoms. The van der Waals surface area contributed by atoms with Crippen molar-refractivity contribution in [2.75, 3.05) is 0 Å². The van der Waals surface area contributed by atoms with Crippen LogP contribution in [0.5, 0.6) is 0 Å². The molecule has 0 radical (unpaired) electrons. The number of nitrogens with zero attached hydrogens (tertiary/aromatic N) is 2. The van der Waals surface area contributed by atoms with E-state index in [0.29, 0.717) is 10.7 Å². The summed E-state index contributed by atoms with van der Waals surface area (Å²) in [6.07, 6.45) is 0. The molecule has 1 heterocycles. The second-order valence-corrected chi connectivity index (χ2v) is 3.56. The molecule has 2 aromatic rings. The molecule has 0 saturated carbocycles. The normalized spacial score (nSPS) is 10.8. The van der Waals surface area contributed by atoms with Gasteiger partial charge < -0.3 is 0 Å². The van der Waals surface area contributed by atoms with Crippen LogP contribution in [0.15, 0.2) is 18.2 Å². The van der Waals surface area contributed by atoms with Crippen LogP contribution in [-0.4, -0.2) is 15.6 Å². The molecule has 0 atom stereocenters. The largest absolute Gasteiger partial charge is 0.295 e. The van der Waals surface area contributed by atoms with Crippen LogP contribution in [-0.2, 0) is 7.05 Å². The number of ketones is 1. The standard InChI is InChI=1S/C10H9ClN2O/c1-6(14)7-3-4-8-9(5-7)13(2)12-10(8)11/h3-5H,1-2H3. The Balaban J connectivity index is 2.77. The van der Waals surface area contributed by atoms with Crippen LogP contribution in [0.1, 0.15) is 17.3 Å². The summed E-state index contributed by atoms with van der Waals surface area (Å²) in [7, 11) is 1.80. The van der Waals surface area contributed by atoms with E-state index in [1.807, 2.05) is 6.07 Å². The van der Waals surface area contributed by atoms with E-state index in [9.17, 15) is 4.79 Å². The summed E-state index contributed by atoms with van der Waals surface area (Å²) in [5, 5.41) is 5.41. The SMILES string of the molecule is CC(=O)c1ccc2c(Cl)nn(C)c2c1. The average Bonchev–Trinajstić information content (AvgIpc) is 2.42. The van der Waals surface area contributed by atoms with E-state index in [1.54, 1.807) is 30.8 Å². The van der Waals surface area contributed by atoms with Crippen molar-refractivity contribution in [1.82, 2.24) is 9.78 Å². The topological polar surface area (TPSA) is 34.9 Å². The van der Waals surface area contributed by atoms with E-state index >= 15 is 0 Å². The zero-order valence-electron chi connectivity index (χ0n) is 7.91. The van der Waals surface area contributed by atoms with Crippen LogP contribution in [0.4, 0.5) is 0 Å². The third kappa shape index (κ3) is 1.30. The van der Waals surface area contributed by atoms with Crippen LogP contribution in [0.25, 0.3) is 10.9 Å². The summed E-state index contributed by atoms with van der Waals surface area (Å²) >= 11 is 5.89. The molecule has 0 saturated heterocycles. The Bertz CT molecular complexity index is 516. The molecule has 72 valence electrons. The molecule has 0 N–H and O–H groups in total. The molecule has 0 fully saturated rings. The quantitative estimate of drug-likeness (QED) is 0.675. The maximum absolute atomic E-state index is 11.1. The molecule has 1 aromatic carbocycles. The van der Waals surface area contributed by atoms with Crippen LogP contribution >= 0.6 is 11.6 Å². The van der Waals surface area contributed by atoms with Gasteiger partial charge in [0.05, 0.1) is 5.52 Å². The summed E-state index contributed by atoms with van der Waals surface area (Å²) in [5.41, 5.74) is 1.56. The third-order valence-corrected chi connectivity index (χ3v) is 2.49. The molecular formula is C10H9ClN2O. The van der Waals surface area contributed by atoms with Crippen molar-refractivity contribution >= 4 is 28.3 Å². The third-order valence-electron chi connectivity index (χ3n) is 2.21. The number of aromatic nitrogens is 2. The maximum atomic E-state index is 11.1. The first-order chi connectivity index (χ1) is 6.59. The number of aryl methyl sites for hydroxylation is 1. The van der Waals surface area contributed by atoms with Crippen molar-refractivity contribution < 1.29 is 4.79 Å². The lowest BCUT2D eigenvalue weighted by Crippen LogP contribution is -1.93. The number of halogens is 1. The number of rotatable bonds is 1. The molecule has 1 aromatic heterocycles. The Labute approximate surface area is 86.3 Å². The van der Waals surface area contributed by atoms with E-state index in [1.165, 1.54) is 0 Å². The minimum absolute atomic E-state index is 0.0456. The fourth-order valence-electron chi connectivity index (χ4n) is 1.43. The molecule has 0 aliphatic carbocycles. The summed E-state index contributed by atoms with van der Waals surface area (Å²) in [5.74, 6) is 0.0456. The van der Waals surface area contributed by atoms with E-state index in [0.717, 1.165) is 10.9 Å². The predicted octanol–water partition coefficient (Wildman–Crippen LogP) is 2.43. The van der Waals surface area contributed by atoms with Crippen LogP contribution in [0.3, 0.4) is 0 Å². The minimum atomic E-state index is 0.0456. The molecule has 2 rings (SSSR count). The predicted molar refractivity (Wildman–Crippen MR) is 55.7 cm³/mol. The van der Waals surface area contributed by atoms with Gasteiger partial charge >= 0.3 is 0 Å². The highest BCUT2D eigenvalue weighted by atomic mass is 35.5. The zero-order valence-corrected chi connectivity index (χ0v) is 8.67. The number of hydrogen-bond acceptors (Lipinski definition) is 2. The highest BCUT2D eigenvalue weighted by Crippen LogP contribution is 2.23. The van der Waals surface area contributed by atoms with Crippen molar-refractivity contribution in [3.63, 3.8) is 0 Å². The number of fused-ring (bicyclic) bond motifs is 1. The minimum Gasteiger partial charge on any atom is -0.295 e. The van der Waals surface area contributed by atoms with Crippen molar-refractivity contribution in [3.8, 4) is 0 Å².